The summed E-state index contributed by atoms with van der Waals surface area (Å²) in [5.74, 6) is -0.609. The lowest BCUT2D eigenvalue weighted by atomic mass is 10.3. The van der Waals surface area contributed by atoms with Crippen LogP contribution in [0, 0.1) is 9.39 Å². The van der Waals surface area contributed by atoms with E-state index in [0.717, 1.165) is 0 Å². The van der Waals surface area contributed by atoms with E-state index in [2.05, 4.69) is 5.32 Å². The molecule has 76 valence electrons. The first-order chi connectivity index (χ1) is 6.50. The topological polar surface area (TPSA) is 55.1 Å². The number of carbonyl (C=O) groups excluding carboxylic acids is 1. The van der Waals surface area contributed by atoms with Gasteiger partial charge in [-0.05, 0) is 47.7 Å². The lowest BCUT2D eigenvalue weighted by Crippen LogP contribution is -2.32. The van der Waals surface area contributed by atoms with Crippen LogP contribution in [0.15, 0.2) is 18.2 Å². The number of benzene rings is 1. The summed E-state index contributed by atoms with van der Waals surface area (Å²) in [6.07, 6.45) is 0. The van der Waals surface area contributed by atoms with Crippen LogP contribution in [0.3, 0.4) is 0 Å². The summed E-state index contributed by atoms with van der Waals surface area (Å²) in [5, 5.41) is 2.60. The molecule has 0 aliphatic carbocycles. The maximum absolute atomic E-state index is 12.7. The molecule has 0 radical (unpaired) electrons. The van der Waals surface area contributed by atoms with Crippen molar-refractivity contribution in [1.29, 1.82) is 0 Å². The highest BCUT2D eigenvalue weighted by molar-refractivity contribution is 14.1. The molecule has 1 aromatic carbocycles. The summed E-state index contributed by atoms with van der Waals surface area (Å²) in [6.45, 7) is 1.59. The van der Waals surface area contributed by atoms with Gasteiger partial charge in [0.2, 0.25) is 5.91 Å². The molecule has 5 heteroatoms. The van der Waals surface area contributed by atoms with Crippen LogP contribution in [0.2, 0.25) is 0 Å². The number of nitrogens with two attached hydrogens (primary N) is 1. The van der Waals surface area contributed by atoms with Gasteiger partial charge in [-0.25, -0.2) is 4.39 Å². The van der Waals surface area contributed by atoms with Gasteiger partial charge in [0, 0.05) is 3.57 Å². The molecule has 0 saturated carbocycles. The Morgan fingerprint density at radius 2 is 2.29 bits per heavy atom. The van der Waals surface area contributed by atoms with Crippen LogP contribution in [-0.2, 0) is 4.79 Å². The zero-order valence-electron chi connectivity index (χ0n) is 7.55. The molecule has 0 saturated heterocycles. The van der Waals surface area contributed by atoms with Crippen LogP contribution in [0.4, 0.5) is 10.1 Å². The van der Waals surface area contributed by atoms with E-state index in [0.29, 0.717) is 9.26 Å². The minimum Gasteiger partial charge on any atom is -0.324 e. The van der Waals surface area contributed by atoms with Crippen LogP contribution in [0.1, 0.15) is 6.92 Å². The quantitative estimate of drug-likeness (QED) is 0.817. The van der Waals surface area contributed by atoms with Crippen LogP contribution < -0.4 is 11.1 Å². The smallest absolute Gasteiger partial charge is 0.241 e. The molecule has 0 unspecified atom stereocenters. The van der Waals surface area contributed by atoms with Crippen LogP contribution in [-0.4, -0.2) is 11.9 Å². The molecule has 0 spiro atoms. The van der Waals surface area contributed by atoms with Gasteiger partial charge in [-0.3, -0.25) is 4.79 Å². The summed E-state index contributed by atoms with van der Waals surface area (Å²) in [5.41, 5.74) is 5.95. The third kappa shape index (κ3) is 2.91. The number of nitrogens with one attached hydrogen (secondary N) is 1. The highest BCUT2D eigenvalue weighted by Gasteiger charge is 2.09. The van der Waals surface area contributed by atoms with Gasteiger partial charge in [-0.2, -0.15) is 0 Å². The molecule has 0 aliphatic rings. The molecule has 0 aromatic heterocycles. The summed E-state index contributed by atoms with van der Waals surface area (Å²) in [6, 6.07) is 3.57. The van der Waals surface area contributed by atoms with E-state index < -0.39 is 6.04 Å². The Morgan fingerprint density at radius 1 is 1.64 bits per heavy atom. The average Bonchev–Trinajstić information content (AvgIpc) is 2.09. The van der Waals surface area contributed by atoms with Crippen LogP contribution >= 0.6 is 22.6 Å². The van der Waals surface area contributed by atoms with E-state index in [1.54, 1.807) is 6.92 Å². The van der Waals surface area contributed by atoms with Gasteiger partial charge in [0.1, 0.15) is 5.82 Å². The molecule has 1 atom stereocenters. The van der Waals surface area contributed by atoms with E-state index in [4.69, 9.17) is 5.73 Å². The normalized spacial score (nSPS) is 12.3. The second-order valence-electron chi connectivity index (χ2n) is 2.90. The molecular weight excluding hydrogens is 298 g/mol. The monoisotopic (exact) mass is 308 g/mol. The Bertz CT molecular complexity index is 355. The van der Waals surface area contributed by atoms with Crippen molar-refractivity contribution in [2.24, 2.45) is 5.73 Å². The second-order valence-corrected chi connectivity index (χ2v) is 4.06. The van der Waals surface area contributed by atoms with Crippen molar-refractivity contribution in [2.75, 3.05) is 5.32 Å². The molecule has 0 bridgehead atoms. The third-order valence-corrected chi connectivity index (χ3v) is 2.50. The van der Waals surface area contributed by atoms with Gasteiger partial charge in [0.05, 0.1) is 11.7 Å². The summed E-state index contributed by atoms with van der Waals surface area (Å²) < 4.78 is 13.4. The van der Waals surface area contributed by atoms with Gasteiger partial charge in [0.15, 0.2) is 0 Å². The summed E-state index contributed by atoms with van der Waals surface area (Å²) >= 11 is 1.95. The lowest BCUT2D eigenvalue weighted by molar-refractivity contribution is -0.117. The average molecular weight is 308 g/mol. The second kappa shape index (κ2) is 4.70. The maximum atomic E-state index is 12.7. The van der Waals surface area contributed by atoms with Gasteiger partial charge in [-0.15, -0.1) is 0 Å². The van der Waals surface area contributed by atoms with E-state index >= 15 is 0 Å². The van der Waals surface area contributed by atoms with Crippen molar-refractivity contribution >= 4 is 34.2 Å². The predicted octanol–water partition coefficient (Wildman–Crippen LogP) is 1.72. The Hall–Kier alpha value is -0.690. The van der Waals surface area contributed by atoms with Crippen molar-refractivity contribution in [1.82, 2.24) is 0 Å². The molecule has 0 fully saturated rings. The fourth-order valence-electron chi connectivity index (χ4n) is 0.837. The highest BCUT2D eigenvalue weighted by Crippen LogP contribution is 2.18. The summed E-state index contributed by atoms with van der Waals surface area (Å²) in [7, 11) is 0. The third-order valence-electron chi connectivity index (χ3n) is 1.60. The number of anilines is 1. The van der Waals surface area contributed by atoms with Gasteiger partial charge >= 0.3 is 0 Å². The Morgan fingerprint density at radius 3 is 2.79 bits per heavy atom. The molecule has 1 rings (SSSR count). The molecule has 1 aromatic rings. The number of hydrogen-bond donors (Lipinski definition) is 2. The predicted molar refractivity (Wildman–Crippen MR) is 61.4 cm³/mol. The van der Waals surface area contributed by atoms with Crippen molar-refractivity contribution in [3.8, 4) is 0 Å². The number of hydrogen-bond acceptors (Lipinski definition) is 2. The molecule has 14 heavy (non-hydrogen) atoms. The Labute approximate surface area is 95.0 Å². The Balaban J connectivity index is 2.82. The molecule has 0 aliphatic heterocycles. The molecule has 1 amide bonds. The maximum Gasteiger partial charge on any atom is 0.241 e. The number of halogens is 2. The van der Waals surface area contributed by atoms with Gasteiger partial charge in [0.25, 0.3) is 0 Å². The first-order valence-corrected chi connectivity index (χ1v) is 5.10. The fourth-order valence-corrected chi connectivity index (χ4v) is 1.45. The molecule has 0 heterocycles. The van der Waals surface area contributed by atoms with Crippen LogP contribution in [0.5, 0.6) is 0 Å². The molecule has 3 nitrogen and oxygen atoms in total. The first kappa shape index (κ1) is 11.4. The van der Waals surface area contributed by atoms with Crippen LogP contribution in [0.25, 0.3) is 0 Å². The van der Waals surface area contributed by atoms with E-state index in [9.17, 15) is 9.18 Å². The molecule has 3 N–H and O–H groups in total. The molecular formula is C9H10FIN2O. The minimum atomic E-state index is -0.573. The van der Waals surface area contributed by atoms with Crippen molar-refractivity contribution in [3.63, 3.8) is 0 Å². The highest BCUT2D eigenvalue weighted by atomic mass is 127. The number of amides is 1. The van der Waals surface area contributed by atoms with Crippen molar-refractivity contribution < 1.29 is 9.18 Å². The number of carbonyl (C=O) groups is 1. The van der Waals surface area contributed by atoms with Crippen molar-refractivity contribution in [3.05, 3.63) is 27.6 Å². The first-order valence-electron chi connectivity index (χ1n) is 4.02. The fraction of sp³-hybridized carbons (Fsp3) is 0.222. The SMILES string of the molecule is C[C@H](N)C(=O)Nc1ccc(F)cc1I. The van der Waals surface area contributed by atoms with E-state index in [1.165, 1.54) is 18.2 Å². The minimum absolute atomic E-state index is 0.283. The summed E-state index contributed by atoms with van der Waals surface area (Å²) in [4.78, 5) is 11.2. The van der Waals surface area contributed by atoms with E-state index in [1.807, 2.05) is 22.6 Å². The largest absolute Gasteiger partial charge is 0.324 e. The number of rotatable bonds is 2. The zero-order valence-corrected chi connectivity index (χ0v) is 9.71. The lowest BCUT2D eigenvalue weighted by Gasteiger charge is -2.09. The standard InChI is InChI=1S/C9H10FIN2O/c1-5(12)9(14)13-8-3-2-6(10)4-7(8)11/h2-5H,12H2,1H3,(H,13,14)/t5-/m0/s1. The van der Waals surface area contributed by atoms with Gasteiger partial charge < -0.3 is 11.1 Å². The Kier molecular flexibility index (Phi) is 3.82. The van der Waals surface area contributed by atoms with Crippen molar-refractivity contribution in [2.45, 2.75) is 13.0 Å². The zero-order chi connectivity index (χ0) is 10.7. The van der Waals surface area contributed by atoms with E-state index in [-0.39, 0.29) is 11.7 Å². The van der Waals surface area contributed by atoms with Gasteiger partial charge in [-0.1, -0.05) is 0 Å².